The van der Waals surface area contributed by atoms with Crippen LogP contribution in [0.3, 0.4) is 0 Å². The van der Waals surface area contributed by atoms with Crippen LogP contribution in [0.15, 0.2) is 48.7 Å². The van der Waals surface area contributed by atoms with Gasteiger partial charge in [-0.3, -0.25) is 4.79 Å². The van der Waals surface area contributed by atoms with Crippen LogP contribution in [-0.4, -0.2) is 35.6 Å². The van der Waals surface area contributed by atoms with Crippen molar-refractivity contribution in [3.8, 4) is 17.0 Å². The number of aromatic nitrogens is 2. The quantitative estimate of drug-likeness (QED) is 0.726. The number of esters is 1. The zero-order valence-electron chi connectivity index (χ0n) is 13.6. The van der Waals surface area contributed by atoms with Gasteiger partial charge in [-0.2, -0.15) is 0 Å². The van der Waals surface area contributed by atoms with Gasteiger partial charge in [-0.1, -0.05) is 6.07 Å². The first kappa shape index (κ1) is 16.0. The van der Waals surface area contributed by atoms with Crippen molar-refractivity contribution in [1.82, 2.24) is 9.38 Å². The predicted molar refractivity (Wildman–Crippen MR) is 90.9 cm³/mol. The molecule has 0 aliphatic heterocycles. The Kier molecular flexibility index (Phi) is 4.48. The number of benzene rings is 1. The van der Waals surface area contributed by atoms with Crippen LogP contribution in [-0.2, 0) is 16.0 Å². The molecule has 2 N–H and O–H groups in total. The van der Waals surface area contributed by atoms with Gasteiger partial charge in [0.1, 0.15) is 17.4 Å². The normalized spacial score (nSPS) is 12.1. The van der Waals surface area contributed by atoms with E-state index in [2.05, 4.69) is 0 Å². The minimum Gasteiger partial charge on any atom is -0.497 e. The Hall–Kier alpha value is -2.86. The Morgan fingerprint density at radius 2 is 1.96 bits per heavy atom. The zero-order valence-corrected chi connectivity index (χ0v) is 13.6. The van der Waals surface area contributed by atoms with E-state index in [4.69, 9.17) is 20.2 Å². The first-order chi connectivity index (χ1) is 11.6. The molecule has 1 atom stereocenters. The van der Waals surface area contributed by atoms with Crippen molar-refractivity contribution < 1.29 is 14.3 Å². The highest BCUT2D eigenvalue weighted by molar-refractivity contribution is 5.76. The molecule has 3 rings (SSSR count). The van der Waals surface area contributed by atoms with Crippen molar-refractivity contribution in [2.24, 2.45) is 5.73 Å². The summed E-state index contributed by atoms with van der Waals surface area (Å²) in [6.07, 6.45) is 2.24. The topological polar surface area (TPSA) is 78.8 Å². The number of imidazole rings is 1. The summed E-state index contributed by atoms with van der Waals surface area (Å²) in [5.41, 5.74) is 9.37. The molecule has 2 aromatic heterocycles. The summed E-state index contributed by atoms with van der Waals surface area (Å²) in [6.45, 7) is 0. The van der Waals surface area contributed by atoms with E-state index in [0.717, 1.165) is 28.3 Å². The molecule has 0 saturated carbocycles. The van der Waals surface area contributed by atoms with Crippen LogP contribution < -0.4 is 10.5 Å². The lowest BCUT2D eigenvalue weighted by Gasteiger charge is -2.11. The second-order valence-electron chi connectivity index (χ2n) is 5.40. The van der Waals surface area contributed by atoms with E-state index in [-0.39, 0.29) is 0 Å². The van der Waals surface area contributed by atoms with E-state index in [0.29, 0.717) is 6.42 Å². The lowest BCUT2D eigenvalue weighted by Crippen LogP contribution is -2.34. The van der Waals surface area contributed by atoms with Crippen LogP contribution in [0.2, 0.25) is 0 Å². The summed E-state index contributed by atoms with van der Waals surface area (Å²) in [6, 6.07) is 12.6. The number of fused-ring (bicyclic) bond motifs is 1. The third-order valence-corrected chi connectivity index (χ3v) is 3.91. The Labute approximate surface area is 139 Å². The number of carbonyl (C=O) groups is 1. The van der Waals surface area contributed by atoms with Crippen molar-refractivity contribution in [2.45, 2.75) is 12.5 Å². The summed E-state index contributed by atoms with van der Waals surface area (Å²) in [5.74, 6) is 0.330. The number of nitrogens with two attached hydrogens (primary N) is 1. The molecule has 0 spiro atoms. The number of pyridine rings is 1. The van der Waals surface area contributed by atoms with E-state index < -0.39 is 12.0 Å². The lowest BCUT2D eigenvalue weighted by atomic mass is 10.1. The molecule has 0 aliphatic rings. The summed E-state index contributed by atoms with van der Waals surface area (Å²) in [7, 11) is 2.96. The van der Waals surface area contributed by atoms with Gasteiger partial charge in [0.15, 0.2) is 0 Å². The van der Waals surface area contributed by atoms with Crippen LogP contribution in [0.1, 0.15) is 5.69 Å². The molecule has 2 heterocycles. The maximum Gasteiger partial charge on any atom is 0.323 e. The first-order valence-electron chi connectivity index (χ1n) is 7.58. The van der Waals surface area contributed by atoms with E-state index in [1.165, 1.54) is 7.11 Å². The molecular weight excluding hydrogens is 306 g/mol. The van der Waals surface area contributed by atoms with E-state index in [1.807, 2.05) is 53.1 Å². The van der Waals surface area contributed by atoms with Crippen LogP contribution >= 0.6 is 0 Å². The van der Waals surface area contributed by atoms with Crippen molar-refractivity contribution in [3.05, 3.63) is 54.4 Å². The van der Waals surface area contributed by atoms with Gasteiger partial charge < -0.3 is 19.6 Å². The van der Waals surface area contributed by atoms with Gasteiger partial charge in [-0.05, 0) is 36.4 Å². The molecule has 1 unspecified atom stereocenters. The molecule has 6 heteroatoms. The molecular formula is C18H19N3O3. The van der Waals surface area contributed by atoms with Crippen molar-refractivity contribution in [2.75, 3.05) is 14.2 Å². The zero-order chi connectivity index (χ0) is 17.1. The summed E-state index contributed by atoms with van der Waals surface area (Å²) in [4.78, 5) is 16.4. The third kappa shape index (κ3) is 2.96. The highest BCUT2D eigenvalue weighted by Gasteiger charge is 2.21. The van der Waals surface area contributed by atoms with E-state index in [1.54, 1.807) is 7.11 Å². The monoisotopic (exact) mass is 325 g/mol. The standard InChI is InChI=1S/C18H19N3O3/c1-23-13-8-6-12(7-9-13)17-15(11-14(19)18(22)24-2)21-10-4-3-5-16(21)20-17/h3-10,14H,11,19H2,1-2H3. The van der Waals surface area contributed by atoms with Gasteiger partial charge >= 0.3 is 5.97 Å². The fraction of sp³-hybridized carbons (Fsp3) is 0.222. The Balaban J connectivity index is 2.08. The van der Waals surface area contributed by atoms with Gasteiger partial charge in [0.05, 0.1) is 25.6 Å². The molecule has 3 aromatic rings. The van der Waals surface area contributed by atoms with E-state index >= 15 is 0 Å². The summed E-state index contributed by atoms with van der Waals surface area (Å²) < 4.78 is 11.9. The average Bonchev–Trinajstić information content (AvgIpc) is 2.99. The Bertz CT molecular complexity index is 856. The van der Waals surface area contributed by atoms with Crippen molar-refractivity contribution in [3.63, 3.8) is 0 Å². The maximum atomic E-state index is 11.7. The number of rotatable bonds is 5. The molecule has 124 valence electrons. The number of carbonyl (C=O) groups excluding carboxylic acids is 1. The predicted octanol–water partition coefficient (Wildman–Crippen LogP) is 2.05. The van der Waals surface area contributed by atoms with Gasteiger partial charge in [0.25, 0.3) is 0 Å². The molecule has 0 radical (unpaired) electrons. The number of hydrogen-bond acceptors (Lipinski definition) is 5. The van der Waals surface area contributed by atoms with Crippen molar-refractivity contribution in [1.29, 1.82) is 0 Å². The summed E-state index contributed by atoms with van der Waals surface area (Å²) in [5, 5.41) is 0. The Morgan fingerprint density at radius 3 is 2.62 bits per heavy atom. The largest absolute Gasteiger partial charge is 0.497 e. The second kappa shape index (κ2) is 6.72. The lowest BCUT2D eigenvalue weighted by molar-refractivity contribution is -0.142. The molecule has 0 aliphatic carbocycles. The highest BCUT2D eigenvalue weighted by atomic mass is 16.5. The number of nitrogens with zero attached hydrogens (tertiary/aromatic N) is 2. The number of ether oxygens (including phenoxy) is 2. The SMILES string of the molecule is COC(=O)C(N)Cc1c(-c2ccc(OC)cc2)nc2ccccn12. The van der Waals surface area contributed by atoms with Gasteiger partial charge in [-0.15, -0.1) is 0 Å². The third-order valence-electron chi connectivity index (χ3n) is 3.91. The average molecular weight is 325 g/mol. The smallest absolute Gasteiger partial charge is 0.323 e. The van der Waals surface area contributed by atoms with E-state index in [9.17, 15) is 4.79 Å². The minimum atomic E-state index is -0.743. The molecule has 6 nitrogen and oxygen atoms in total. The first-order valence-corrected chi connectivity index (χ1v) is 7.58. The van der Waals surface area contributed by atoms with Crippen molar-refractivity contribution >= 4 is 11.6 Å². The molecule has 0 saturated heterocycles. The van der Waals surface area contributed by atoms with Gasteiger partial charge in [0, 0.05) is 18.2 Å². The molecule has 1 aromatic carbocycles. The highest BCUT2D eigenvalue weighted by Crippen LogP contribution is 2.27. The Morgan fingerprint density at radius 1 is 1.21 bits per heavy atom. The molecule has 0 amide bonds. The summed E-state index contributed by atoms with van der Waals surface area (Å²) >= 11 is 0. The number of methoxy groups -OCH3 is 2. The van der Waals surface area contributed by atoms with Gasteiger partial charge in [0.2, 0.25) is 0 Å². The van der Waals surface area contributed by atoms with Crippen LogP contribution in [0.5, 0.6) is 5.75 Å². The maximum absolute atomic E-state index is 11.7. The molecule has 0 bridgehead atoms. The minimum absolute atomic E-state index is 0.333. The van der Waals surface area contributed by atoms with Crippen LogP contribution in [0, 0.1) is 0 Å². The molecule has 24 heavy (non-hydrogen) atoms. The van der Waals surface area contributed by atoms with Crippen LogP contribution in [0.4, 0.5) is 0 Å². The second-order valence-corrected chi connectivity index (χ2v) is 5.40. The molecule has 0 fully saturated rings. The number of hydrogen-bond donors (Lipinski definition) is 1. The fourth-order valence-corrected chi connectivity index (χ4v) is 2.66. The van der Waals surface area contributed by atoms with Gasteiger partial charge in [-0.25, -0.2) is 4.98 Å². The van der Waals surface area contributed by atoms with Crippen LogP contribution in [0.25, 0.3) is 16.9 Å². The fourth-order valence-electron chi connectivity index (χ4n) is 2.66.